The molecule has 2 aromatic carbocycles. The molecule has 5 nitrogen and oxygen atoms in total. The van der Waals surface area contributed by atoms with E-state index in [0.29, 0.717) is 13.2 Å². The van der Waals surface area contributed by atoms with Crippen molar-refractivity contribution in [1.29, 1.82) is 0 Å². The lowest BCUT2D eigenvalue weighted by Crippen LogP contribution is -2.46. The Hall–Kier alpha value is -1.92. The van der Waals surface area contributed by atoms with Gasteiger partial charge < -0.3 is 19.7 Å². The van der Waals surface area contributed by atoms with Crippen LogP contribution in [-0.4, -0.2) is 54.2 Å². The number of morpholine rings is 1. The molecule has 1 aliphatic heterocycles. The zero-order chi connectivity index (χ0) is 17.5. The third kappa shape index (κ3) is 4.38. The third-order valence-corrected chi connectivity index (χ3v) is 4.47. The van der Waals surface area contributed by atoms with E-state index >= 15 is 0 Å². The number of aliphatic hydroxyl groups is 2. The van der Waals surface area contributed by atoms with Gasteiger partial charge in [0, 0.05) is 18.7 Å². The van der Waals surface area contributed by atoms with Crippen molar-refractivity contribution in [3.63, 3.8) is 0 Å². The molecule has 25 heavy (non-hydrogen) atoms. The normalized spacial score (nSPS) is 21.2. The molecule has 2 atom stereocenters. The summed E-state index contributed by atoms with van der Waals surface area (Å²) in [5.41, 5.74) is 2.20. The summed E-state index contributed by atoms with van der Waals surface area (Å²) in [6.45, 7) is 2.32. The quantitative estimate of drug-likeness (QED) is 0.805. The fourth-order valence-electron chi connectivity index (χ4n) is 3.34. The first-order valence-corrected chi connectivity index (χ1v) is 8.66. The summed E-state index contributed by atoms with van der Waals surface area (Å²) in [6, 6.07) is 18.0. The highest BCUT2D eigenvalue weighted by Crippen LogP contribution is 2.32. The van der Waals surface area contributed by atoms with Crippen LogP contribution in [0.1, 0.15) is 17.2 Å². The van der Waals surface area contributed by atoms with Crippen LogP contribution >= 0.6 is 0 Å². The second-order valence-corrected chi connectivity index (χ2v) is 6.10. The molecule has 2 N–H and O–H groups in total. The van der Waals surface area contributed by atoms with Gasteiger partial charge in [-0.3, -0.25) is 4.90 Å². The molecule has 2 aromatic rings. The Kier molecular flexibility index (Phi) is 6.42. The highest BCUT2D eigenvalue weighted by molar-refractivity contribution is 5.33. The van der Waals surface area contributed by atoms with Crippen LogP contribution in [0.25, 0.3) is 0 Å². The lowest BCUT2D eigenvalue weighted by atomic mass is 9.97. The maximum absolute atomic E-state index is 9.77. The van der Waals surface area contributed by atoms with Crippen LogP contribution in [0.5, 0.6) is 5.75 Å². The minimum Gasteiger partial charge on any atom is -0.491 e. The highest BCUT2D eigenvalue weighted by atomic mass is 16.5. The van der Waals surface area contributed by atoms with Crippen LogP contribution in [0.15, 0.2) is 54.6 Å². The maximum atomic E-state index is 9.77. The molecule has 0 amide bonds. The van der Waals surface area contributed by atoms with E-state index in [1.165, 1.54) is 0 Å². The second-order valence-electron chi connectivity index (χ2n) is 6.10. The molecule has 0 aromatic heterocycles. The van der Waals surface area contributed by atoms with Crippen molar-refractivity contribution in [2.45, 2.75) is 18.7 Å². The minimum absolute atomic E-state index is 0.00847. The monoisotopic (exact) mass is 343 g/mol. The number of rotatable bonds is 7. The van der Waals surface area contributed by atoms with Gasteiger partial charge in [0.1, 0.15) is 18.5 Å². The number of benzene rings is 2. The molecule has 1 fully saturated rings. The Bertz CT molecular complexity index is 649. The van der Waals surface area contributed by atoms with Gasteiger partial charge in [-0.15, -0.1) is 0 Å². The van der Waals surface area contributed by atoms with Crippen molar-refractivity contribution in [2.24, 2.45) is 0 Å². The topological polar surface area (TPSA) is 62.2 Å². The summed E-state index contributed by atoms with van der Waals surface area (Å²) in [4.78, 5) is 2.32. The van der Waals surface area contributed by atoms with E-state index in [0.717, 1.165) is 23.4 Å². The van der Waals surface area contributed by atoms with Gasteiger partial charge in [0.2, 0.25) is 0 Å². The predicted octanol–water partition coefficient (Wildman–Crippen LogP) is 1.99. The zero-order valence-electron chi connectivity index (χ0n) is 14.3. The molecule has 0 spiro atoms. The minimum atomic E-state index is -0.248. The SMILES string of the molecule is OCCOc1ccccc1CN1CCO[C@H](CO)[C@H]1c1ccccc1. The summed E-state index contributed by atoms with van der Waals surface area (Å²) >= 11 is 0. The first kappa shape index (κ1) is 17.9. The van der Waals surface area contributed by atoms with E-state index in [1.807, 2.05) is 42.5 Å². The third-order valence-electron chi connectivity index (χ3n) is 4.47. The lowest BCUT2D eigenvalue weighted by molar-refractivity contribution is -0.0962. The number of nitrogens with zero attached hydrogens (tertiary/aromatic N) is 1. The van der Waals surface area contributed by atoms with E-state index < -0.39 is 0 Å². The zero-order valence-corrected chi connectivity index (χ0v) is 14.3. The van der Waals surface area contributed by atoms with Crippen molar-refractivity contribution in [1.82, 2.24) is 4.90 Å². The Morgan fingerprint density at radius 3 is 2.56 bits per heavy atom. The Balaban J connectivity index is 1.84. The predicted molar refractivity (Wildman–Crippen MR) is 95.4 cm³/mol. The smallest absolute Gasteiger partial charge is 0.123 e. The van der Waals surface area contributed by atoms with E-state index in [1.54, 1.807) is 0 Å². The van der Waals surface area contributed by atoms with Gasteiger partial charge in [-0.1, -0.05) is 48.5 Å². The number of para-hydroxylation sites is 1. The van der Waals surface area contributed by atoms with Gasteiger partial charge in [0.25, 0.3) is 0 Å². The summed E-state index contributed by atoms with van der Waals surface area (Å²) in [5, 5.41) is 18.8. The largest absolute Gasteiger partial charge is 0.491 e. The molecular formula is C20H25NO4. The van der Waals surface area contributed by atoms with Crippen LogP contribution in [0.2, 0.25) is 0 Å². The van der Waals surface area contributed by atoms with Gasteiger partial charge >= 0.3 is 0 Å². The molecule has 5 heteroatoms. The molecule has 134 valence electrons. The van der Waals surface area contributed by atoms with Crippen LogP contribution in [0, 0.1) is 0 Å². The lowest BCUT2D eigenvalue weighted by Gasteiger charge is -2.41. The highest BCUT2D eigenvalue weighted by Gasteiger charge is 2.33. The Labute approximate surface area is 148 Å². The van der Waals surface area contributed by atoms with Crippen molar-refractivity contribution >= 4 is 0 Å². The fraction of sp³-hybridized carbons (Fsp3) is 0.400. The Morgan fingerprint density at radius 2 is 1.80 bits per heavy atom. The molecule has 0 aliphatic carbocycles. The van der Waals surface area contributed by atoms with Crippen LogP contribution in [0.4, 0.5) is 0 Å². The summed E-state index contributed by atoms with van der Waals surface area (Å²) in [5.74, 6) is 0.787. The van der Waals surface area contributed by atoms with Gasteiger partial charge in [0.15, 0.2) is 0 Å². The van der Waals surface area contributed by atoms with Gasteiger partial charge in [-0.25, -0.2) is 0 Å². The molecule has 0 unspecified atom stereocenters. The molecule has 1 aliphatic rings. The van der Waals surface area contributed by atoms with Crippen molar-refractivity contribution in [3.05, 3.63) is 65.7 Å². The molecule has 1 saturated heterocycles. The van der Waals surface area contributed by atoms with E-state index in [-0.39, 0.29) is 32.0 Å². The molecular weight excluding hydrogens is 318 g/mol. The van der Waals surface area contributed by atoms with Crippen molar-refractivity contribution < 1.29 is 19.7 Å². The molecule has 0 bridgehead atoms. The van der Waals surface area contributed by atoms with E-state index in [2.05, 4.69) is 17.0 Å². The Morgan fingerprint density at radius 1 is 1.04 bits per heavy atom. The fourth-order valence-corrected chi connectivity index (χ4v) is 3.34. The molecule has 3 rings (SSSR count). The number of aliphatic hydroxyl groups excluding tert-OH is 2. The molecule has 0 radical (unpaired) electrons. The maximum Gasteiger partial charge on any atom is 0.123 e. The van der Waals surface area contributed by atoms with Gasteiger partial charge in [-0.05, 0) is 11.6 Å². The van der Waals surface area contributed by atoms with E-state index in [4.69, 9.17) is 14.6 Å². The first-order chi connectivity index (χ1) is 12.3. The van der Waals surface area contributed by atoms with Crippen LogP contribution in [0.3, 0.4) is 0 Å². The average molecular weight is 343 g/mol. The standard InChI is InChI=1S/C20H25NO4/c22-11-13-25-18-9-5-4-8-17(18)14-21-10-12-24-19(15-23)20(21)16-6-2-1-3-7-16/h1-9,19-20,22-23H,10-15H2/t19-,20-/m1/s1. The number of ether oxygens (including phenoxy) is 2. The van der Waals surface area contributed by atoms with Gasteiger partial charge in [-0.2, -0.15) is 0 Å². The van der Waals surface area contributed by atoms with Crippen molar-refractivity contribution in [3.8, 4) is 5.75 Å². The van der Waals surface area contributed by atoms with Gasteiger partial charge in [0.05, 0.1) is 25.9 Å². The molecule has 1 heterocycles. The first-order valence-electron chi connectivity index (χ1n) is 8.66. The summed E-state index contributed by atoms with van der Waals surface area (Å²) < 4.78 is 11.5. The molecule has 0 saturated carbocycles. The summed E-state index contributed by atoms with van der Waals surface area (Å²) in [6.07, 6.45) is -0.248. The van der Waals surface area contributed by atoms with Crippen LogP contribution in [-0.2, 0) is 11.3 Å². The second kappa shape index (κ2) is 8.97. The van der Waals surface area contributed by atoms with Crippen LogP contribution < -0.4 is 4.74 Å². The number of hydrogen-bond acceptors (Lipinski definition) is 5. The summed E-state index contributed by atoms with van der Waals surface area (Å²) in [7, 11) is 0. The number of hydrogen-bond donors (Lipinski definition) is 2. The average Bonchev–Trinajstić information content (AvgIpc) is 2.67. The van der Waals surface area contributed by atoms with Crippen molar-refractivity contribution in [2.75, 3.05) is 33.0 Å². The van der Waals surface area contributed by atoms with E-state index in [9.17, 15) is 5.11 Å².